The fourth-order valence-electron chi connectivity index (χ4n) is 2.26. The average Bonchev–Trinajstić information content (AvgIpc) is 2.54. The summed E-state index contributed by atoms with van der Waals surface area (Å²) in [6.07, 6.45) is 2.08. The Labute approximate surface area is 138 Å². The number of carbonyl (C=O) groups excluding carboxylic acids is 1. The van der Waals surface area contributed by atoms with Gasteiger partial charge in [-0.3, -0.25) is 4.99 Å². The van der Waals surface area contributed by atoms with E-state index >= 15 is 0 Å². The predicted molar refractivity (Wildman–Crippen MR) is 93.8 cm³/mol. The topological polar surface area (TPSA) is 38.7 Å². The second-order valence-electron chi connectivity index (χ2n) is 6.06. The fourth-order valence-corrected chi connectivity index (χ4v) is 2.26. The van der Waals surface area contributed by atoms with Crippen LogP contribution in [0.5, 0.6) is 0 Å². The number of aliphatic imine (C=N–C) groups is 1. The second kappa shape index (κ2) is 7.73. The molecule has 0 unspecified atom stereocenters. The molecule has 2 aromatic carbocycles. The highest BCUT2D eigenvalue weighted by molar-refractivity contribution is 5.87. The first-order valence-corrected chi connectivity index (χ1v) is 7.85. The number of esters is 1. The molecule has 0 aliphatic heterocycles. The third-order valence-electron chi connectivity index (χ3n) is 3.47. The standard InChI is InChI=1S/C20H23NO2/c1-16(2)23-19(22)20(3,14-17-10-6-4-7-11-17)21-15-18-12-8-5-9-13-18/h4-13,15-16H,14H2,1-3H3/t20-/m0/s1. The molecule has 0 radical (unpaired) electrons. The van der Waals surface area contributed by atoms with E-state index in [1.54, 1.807) is 6.21 Å². The van der Waals surface area contributed by atoms with Crippen LogP contribution in [-0.2, 0) is 16.0 Å². The van der Waals surface area contributed by atoms with E-state index in [0.29, 0.717) is 6.42 Å². The van der Waals surface area contributed by atoms with Crippen LogP contribution in [0.1, 0.15) is 31.9 Å². The van der Waals surface area contributed by atoms with Crippen LogP contribution in [-0.4, -0.2) is 23.8 Å². The van der Waals surface area contributed by atoms with E-state index in [0.717, 1.165) is 11.1 Å². The molecule has 0 saturated carbocycles. The lowest BCUT2D eigenvalue weighted by Crippen LogP contribution is -2.39. The number of rotatable bonds is 6. The summed E-state index contributed by atoms with van der Waals surface area (Å²) in [6.45, 7) is 5.52. The van der Waals surface area contributed by atoms with Crippen molar-refractivity contribution in [3.05, 3.63) is 71.8 Å². The summed E-state index contributed by atoms with van der Waals surface area (Å²) in [7, 11) is 0. The zero-order chi connectivity index (χ0) is 16.7. The number of benzene rings is 2. The van der Waals surface area contributed by atoms with Gasteiger partial charge in [-0.05, 0) is 31.9 Å². The van der Waals surface area contributed by atoms with Crippen LogP contribution >= 0.6 is 0 Å². The summed E-state index contributed by atoms with van der Waals surface area (Å²) in [6, 6.07) is 19.6. The van der Waals surface area contributed by atoms with E-state index in [1.165, 1.54) is 0 Å². The number of nitrogens with zero attached hydrogens (tertiary/aromatic N) is 1. The van der Waals surface area contributed by atoms with Crippen LogP contribution in [0.4, 0.5) is 0 Å². The second-order valence-corrected chi connectivity index (χ2v) is 6.06. The van der Waals surface area contributed by atoms with Crippen molar-refractivity contribution in [1.82, 2.24) is 0 Å². The maximum absolute atomic E-state index is 12.6. The van der Waals surface area contributed by atoms with Gasteiger partial charge < -0.3 is 4.74 Å². The molecule has 120 valence electrons. The van der Waals surface area contributed by atoms with E-state index < -0.39 is 5.54 Å². The highest BCUT2D eigenvalue weighted by atomic mass is 16.5. The van der Waals surface area contributed by atoms with E-state index in [9.17, 15) is 4.79 Å². The van der Waals surface area contributed by atoms with Gasteiger partial charge >= 0.3 is 5.97 Å². The fraction of sp³-hybridized carbons (Fsp3) is 0.300. The molecular formula is C20H23NO2. The first-order chi connectivity index (χ1) is 11.0. The Bertz CT molecular complexity index is 650. The van der Waals surface area contributed by atoms with Crippen molar-refractivity contribution < 1.29 is 9.53 Å². The van der Waals surface area contributed by atoms with Gasteiger partial charge in [-0.2, -0.15) is 0 Å². The monoisotopic (exact) mass is 309 g/mol. The molecule has 3 nitrogen and oxygen atoms in total. The van der Waals surface area contributed by atoms with Gasteiger partial charge in [0.1, 0.15) is 0 Å². The number of ether oxygens (including phenoxy) is 1. The molecule has 3 heteroatoms. The highest BCUT2D eigenvalue weighted by Gasteiger charge is 2.34. The lowest BCUT2D eigenvalue weighted by atomic mass is 9.93. The van der Waals surface area contributed by atoms with Crippen LogP contribution < -0.4 is 0 Å². The molecule has 0 amide bonds. The summed E-state index contributed by atoms with van der Waals surface area (Å²) >= 11 is 0. The third-order valence-corrected chi connectivity index (χ3v) is 3.47. The summed E-state index contributed by atoms with van der Waals surface area (Å²) in [5, 5.41) is 0. The molecular weight excluding hydrogens is 286 g/mol. The Balaban J connectivity index is 2.26. The van der Waals surface area contributed by atoms with Crippen LogP contribution in [0.15, 0.2) is 65.7 Å². The number of hydrogen-bond donors (Lipinski definition) is 0. The van der Waals surface area contributed by atoms with E-state index in [-0.39, 0.29) is 12.1 Å². The average molecular weight is 309 g/mol. The predicted octanol–water partition coefficient (Wildman–Crippen LogP) is 4.06. The van der Waals surface area contributed by atoms with Gasteiger partial charge in [-0.25, -0.2) is 4.79 Å². The van der Waals surface area contributed by atoms with Gasteiger partial charge in [0.15, 0.2) is 5.54 Å². The zero-order valence-electron chi connectivity index (χ0n) is 13.9. The molecule has 0 bridgehead atoms. The van der Waals surface area contributed by atoms with Gasteiger partial charge in [-0.15, -0.1) is 0 Å². The Hall–Kier alpha value is -2.42. The van der Waals surface area contributed by atoms with Crippen LogP contribution in [0.25, 0.3) is 0 Å². The molecule has 0 heterocycles. The summed E-state index contributed by atoms with van der Waals surface area (Å²) in [5.74, 6) is -0.302. The molecule has 0 aliphatic carbocycles. The molecule has 23 heavy (non-hydrogen) atoms. The summed E-state index contributed by atoms with van der Waals surface area (Å²) in [5.41, 5.74) is 1.08. The van der Waals surface area contributed by atoms with E-state index in [1.807, 2.05) is 81.4 Å². The van der Waals surface area contributed by atoms with Gasteiger partial charge in [0.25, 0.3) is 0 Å². The van der Waals surface area contributed by atoms with E-state index in [4.69, 9.17) is 4.74 Å². The SMILES string of the molecule is CC(C)OC(=O)[C@](C)(Cc1ccccc1)N=Cc1ccccc1. The van der Waals surface area contributed by atoms with Gasteiger partial charge in [0.2, 0.25) is 0 Å². The van der Waals surface area contributed by atoms with Crippen molar-refractivity contribution in [1.29, 1.82) is 0 Å². The minimum absolute atomic E-state index is 0.162. The van der Waals surface area contributed by atoms with Crippen LogP contribution in [0.2, 0.25) is 0 Å². The van der Waals surface area contributed by atoms with E-state index in [2.05, 4.69) is 4.99 Å². The van der Waals surface area contributed by atoms with Crippen molar-refractivity contribution >= 4 is 12.2 Å². The maximum atomic E-state index is 12.6. The first-order valence-electron chi connectivity index (χ1n) is 7.85. The molecule has 0 N–H and O–H groups in total. The smallest absolute Gasteiger partial charge is 0.334 e. The molecule has 0 aromatic heterocycles. The molecule has 2 rings (SSSR count). The largest absolute Gasteiger partial charge is 0.461 e. The molecule has 2 aromatic rings. The van der Waals surface area contributed by atoms with Crippen molar-refractivity contribution in [3.8, 4) is 0 Å². The normalized spacial score (nSPS) is 13.9. The molecule has 0 aliphatic rings. The Morgan fingerprint density at radius 2 is 1.65 bits per heavy atom. The zero-order valence-corrected chi connectivity index (χ0v) is 13.9. The molecule has 1 atom stereocenters. The van der Waals surface area contributed by atoms with Crippen molar-refractivity contribution in [2.75, 3.05) is 0 Å². The summed E-state index contributed by atoms with van der Waals surface area (Å²) < 4.78 is 5.42. The first kappa shape index (κ1) is 16.9. The van der Waals surface area contributed by atoms with Crippen LogP contribution in [0, 0.1) is 0 Å². The number of hydrogen-bond acceptors (Lipinski definition) is 3. The Kier molecular flexibility index (Phi) is 5.69. The number of carbonyl (C=O) groups is 1. The minimum atomic E-state index is -0.943. The lowest BCUT2D eigenvalue weighted by molar-refractivity contribution is -0.153. The van der Waals surface area contributed by atoms with Gasteiger partial charge in [-0.1, -0.05) is 60.7 Å². The Morgan fingerprint density at radius 1 is 1.09 bits per heavy atom. The highest BCUT2D eigenvalue weighted by Crippen LogP contribution is 2.21. The summed E-state index contributed by atoms with van der Waals surface area (Å²) in [4.78, 5) is 17.1. The molecule has 0 saturated heterocycles. The van der Waals surface area contributed by atoms with Crippen molar-refractivity contribution in [2.45, 2.75) is 38.8 Å². The van der Waals surface area contributed by atoms with Gasteiger partial charge in [0, 0.05) is 12.6 Å². The van der Waals surface area contributed by atoms with Crippen LogP contribution in [0.3, 0.4) is 0 Å². The van der Waals surface area contributed by atoms with Gasteiger partial charge in [0.05, 0.1) is 6.10 Å². The lowest BCUT2D eigenvalue weighted by Gasteiger charge is -2.24. The van der Waals surface area contributed by atoms with Crippen molar-refractivity contribution in [3.63, 3.8) is 0 Å². The maximum Gasteiger partial charge on any atom is 0.334 e. The Morgan fingerprint density at radius 3 is 2.22 bits per heavy atom. The molecule has 0 fully saturated rings. The third kappa shape index (κ3) is 5.06. The minimum Gasteiger partial charge on any atom is -0.461 e. The molecule has 0 spiro atoms. The quantitative estimate of drug-likeness (QED) is 0.596. The van der Waals surface area contributed by atoms with Crippen molar-refractivity contribution in [2.24, 2.45) is 4.99 Å².